The number of alkyl halides is 3. The van der Waals surface area contributed by atoms with E-state index in [1.807, 2.05) is 0 Å². The van der Waals surface area contributed by atoms with Gasteiger partial charge in [-0.2, -0.15) is 28.1 Å². The Morgan fingerprint density at radius 1 is 1.30 bits per heavy atom. The number of benzene rings is 1. The average Bonchev–Trinajstić information content (AvgIpc) is 3.12. The molecule has 0 saturated carbocycles. The van der Waals surface area contributed by atoms with Crippen LogP contribution in [-0.2, 0) is 7.05 Å². The van der Waals surface area contributed by atoms with E-state index < -0.39 is 35.9 Å². The standard InChI is InChI=1S/C18H15ClF3N5O3/c1-26-8-12(7-23-26)27-17(30)13(16(29)24-15(9-28)18(20,21)22)6-14(25-27)10-2-4-11(19)5-3-10/h2-8,15,28H,9H2,1H3,(H,24,29). The topological polar surface area (TPSA) is 102 Å². The first-order valence-electron chi connectivity index (χ1n) is 8.48. The number of hydrogen-bond donors (Lipinski definition) is 2. The van der Waals surface area contributed by atoms with Gasteiger partial charge in [0.2, 0.25) is 0 Å². The lowest BCUT2D eigenvalue weighted by atomic mass is 10.1. The fraction of sp³-hybridized carbons (Fsp3) is 0.222. The van der Waals surface area contributed by atoms with Crippen LogP contribution < -0.4 is 10.9 Å². The third-order valence-electron chi connectivity index (χ3n) is 4.12. The Bertz CT molecular complexity index is 1130. The SMILES string of the molecule is Cn1cc(-n2nc(-c3ccc(Cl)cc3)cc(C(=O)NC(CO)C(F)(F)F)c2=O)cn1. The maximum atomic E-state index is 12.9. The number of aliphatic hydroxyl groups excluding tert-OH is 1. The Labute approximate surface area is 172 Å². The molecule has 2 heterocycles. The van der Waals surface area contributed by atoms with Gasteiger partial charge in [-0.25, -0.2) is 0 Å². The molecule has 0 aliphatic rings. The molecule has 3 aromatic rings. The summed E-state index contributed by atoms with van der Waals surface area (Å²) in [6.07, 6.45) is -2.12. The van der Waals surface area contributed by atoms with Crippen LogP contribution in [0.15, 0.2) is 47.5 Å². The molecular formula is C18H15ClF3N5O3. The van der Waals surface area contributed by atoms with Gasteiger partial charge in [0, 0.05) is 17.6 Å². The monoisotopic (exact) mass is 441 g/mol. The highest BCUT2D eigenvalue weighted by Crippen LogP contribution is 2.22. The number of nitrogens with zero attached hydrogens (tertiary/aromatic N) is 4. The van der Waals surface area contributed by atoms with Crippen LogP contribution in [0.4, 0.5) is 13.2 Å². The number of carbonyl (C=O) groups is 1. The third kappa shape index (κ3) is 4.52. The summed E-state index contributed by atoms with van der Waals surface area (Å²) < 4.78 is 41.1. The molecule has 0 saturated heterocycles. The molecule has 0 aliphatic heterocycles. The normalized spacial score (nSPS) is 12.6. The maximum absolute atomic E-state index is 12.9. The second-order valence-electron chi connectivity index (χ2n) is 6.29. The van der Waals surface area contributed by atoms with E-state index >= 15 is 0 Å². The number of amides is 1. The summed E-state index contributed by atoms with van der Waals surface area (Å²) in [6.45, 7) is -1.37. The van der Waals surface area contributed by atoms with Gasteiger partial charge < -0.3 is 10.4 Å². The molecule has 0 fully saturated rings. The Hall–Kier alpha value is -3.18. The molecule has 3 rings (SSSR count). The van der Waals surface area contributed by atoms with Crippen molar-refractivity contribution in [1.29, 1.82) is 0 Å². The van der Waals surface area contributed by atoms with Crippen molar-refractivity contribution in [1.82, 2.24) is 24.9 Å². The lowest BCUT2D eigenvalue weighted by molar-refractivity contribution is -0.161. The van der Waals surface area contributed by atoms with Crippen molar-refractivity contribution < 1.29 is 23.1 Å². The van der Waals surface area contributed by atoms with Crippen LogP contribution in [0.5, 0.6) is 0 Å². The molecule has 1 unspecified atom stereocenters. The molecule has 1 aromatic carbocycles. The van der Waals surface area contributed by atoms with Gasteiger partial charge in [-0.1, -0.05) is 23.7 Å². The minimum absolute atomic E-state index is 0.146. The van der Waals surface area contributed by atoms with Gasteiger partial charge in [-0.3, -0.25) is 14.3 Å². The van der Waals surface area contributed by atoms with E-state index in [1.54, 1.807) is 36.6 Å². The van der Waals surface area contributed by atoms with Gasteiger partial charge in [0.25, 0.3) is 11.5 Å². The molecule has 0 bridgehead atoms. The van der Waals surface area contributed by atoms with Crippen LogP contribution in [0.3, 0.4) is 0 Å². The van der Waals surface area contributed by atoms with E-state index in [-0.39, 0.29) is 11.4 Å². The first-order valence-corrected chi connectivity index (χ1v) is 8.85. The van der Waals surface area contributed by atoms with Crippen LogP contribution in [-0.4, -0.2) is 49.4 Å². The van der Waals surface area contributed by atoms with Gasteiger partial charge in [0.15, 0.2) is 0 Å². The highest BCUT2D eigenvalue weighted by Gasteiger charge is 2.40. The van der Waals surface area contributed by atoms with Crippen molar-refractivity contribution in [2.24, 2.45) is 7.05 Å². The smallest absolute Gasteiger partial charge is 0.394 e. The number of carbonyl (C=O) groups excluding carboxylic acids is 1. The zero-order valence-corrected chi connectivity index (χ0v) is 16.1. The molecule has 1 atom stereocenters. The molecule has 1 amide bonds. The van der Waals surface area contributed by atoms with Crippen molar-refractivity contribution in [2.45, 2.75) is 12.2 Å². The second-order valence-corrected chi connectivity index (χ2v) is 6.73. The zero-order valence-electron chi connectivity index (χ0n) is 15.4. The lowest BCUT2D eigenvalue weighted by Crippen LogP contribution is -2.49. The summed E-state index contributed by atoms with van der Waals surface area (Å²) >= 11 is 5.87. The maximum Gasteiger partial charge on any atom is 0.410 e. The summed E-state index contributed by atoms with van der Waals surface area (Å²) in [7, 11) is 1.60. The third-order valence-corrected chi connectivity index (χ3v) is 4.37. The zero-order chi connectivity index (χ0) is 22.1. The van der Waals surface area contributed by atoms with Crippen LogP contribution in [0.1, 0.15) is 10.4 Å². The Kier molecular flexibility index (Phi) is 5.94. The molecule has 30 heavy (non-hydrogen) atoms. The van der Waals surface area contributed by atoms with Crippen LogP contribution in [0, 0.1) is 0 Å². The van der Waals surface area contributed by atoms with Gasteiger partial charge in [-0.05, 0) is 18.2 Å². The quantitative estimate of drug-likeness (QED) is 0.630. The predicted molar refractivity (Wildman–Crippen MR) is 101 cm³/mol. The van der Waals surface area contributed by atoms with Crippen molar-refractivity contribution in [3.63, 3.8) is 0 Å². The fourth-order valence-corrected chi connectivity index (χ4v) is 2.70. The highest BCUT2D eigenvalue weighted by atomic mass is 35.5. The molecule has 0 aliphatic carbocycles. The summed E-state index contributed by atoms with van der Waals surface area (Å²) in [6, 6.07) is 4.83. The van der Waals surface area contributed by atoms with E-state index in [4.69, 9.17) is 16.7 Å². The first-order chi connectivity index (χ1) is 14.1. The van der Waals surface area contributed by atoms with Crippen LogP contribution in [0.2, 0.25) is 5.02 Å². The molecular weight excluding hydrogens is 427 g/mol. The second kappa shape index (κ2) is 8.28. The van der Waals surface area contributed by atoms with Gasteiger partial charge in [-0.15, -0.1) is 0 Å². The Balaban J connectivity index is 2.13. The minimum Gasteiger partial charge on any atom is -0.394 e. The molecule has 2 N–H and O–H groups in total. The Morgan fingerprint density at radius 3 is 2.50 bits per heavy atom. The van der Waals surface area contributed by atoms with E-state index in [9.17, 15) is 22.8 Å². The number of rotatable bonds is 5. The van der Waals surface area contributed by atoms with E-state index in [2.05, 4.69) is 10.2 Å². The largest absolute Gasteiger partial charge is 0.410 e. The van der Waals surface area contributed by atoms with Gasteiger partial charge >= 0.3 is 6.18 Å². The number of aliphatic hydroxyl groups is 1. The highest BCUT2D eigenvalue weighted by molar-refractivity contribution is 6.30. The Morgan fingerprint density at radius 2 is 1.97 bits per heavy atom. The van der Waals surface area contributed by atoms with E-state index in [1.165, 1.54) is 17.1 Å². The summed E-state index contributed by atoms with van der Waals surface area (Å²) in [4.78, 5) is 25.3. The summed E-state index contributed by atoms with van der Waals surface area (Å²) in [5, 5.41) is 19.2. The number of nitrogens with one attached hydrogen (secondary N) is 1. The van der Waals surface area contributed by atoms with Crippen molar-refractivity contribution in [3.8, 4) is 16.9 Å². The fourth-order valence-electron chi connectivity index (χ4n) is 2.58. The van der Waals surface area contributed by atoms with Gasteiger partial charge in [0.1, 0.15) is 17.3 Å². The van der Waals surface area contributed by atoms with E-state index in [0.717, 1.165) is 10.7 Å². The van der Waals surface area contributed by atoms with Crippen molar-refractivity contribution in [3.05, 3.63) is 63.7 Å². The first kappa shape index (κ1) is 21.5. The number of aryl methyl sites for hydroxylation is 1. The number of aromatic nitrogens is 4. The molecule has 2 aromatic heterocycles. The predicted octanol–water partition coefficient (Wildman–Crippen LogP) is 1.94. The molecule has 12 heteroatoms. The number of hydrogen-bond acceptors (Lipinski definition) is 5. The molecule has 158 valence electrons. The van der Waals surface area contributed by atoms with Crippen LogP contribution >= 0.6 is 11.6 Å². The molecule has 8 nitrogen and oxygen atoms in total. The lowest BCUT2D eigenvalue weighted by Gasteiger charge is -2.19. The minimum atomic E-state index is -4.89. The van der Waals surface area contributed by atoms with E-state index in [0.29, 0.717) is 10.6 Å². The van der Waals surface area contributed by atoms with Crippen molar-refractivity contribution in [2.75, 3.05) is 6.61 Å². The van der Waals surface area contributed by atoms with Crippen molar-refractivity contribution >= 4 is 17.5 Å². The summed E-state index contributed by atoms with van der Waals surface area (Å²) in [5.74, 6) is -1.30. The average molecular weight is 442 g/mol. The number of halogens is 4. The summed E-state index contributed by atoms with van der Waals surface area (Å²) in [5.41, 5.74) is -0.700. The van der Waals surface area contributed by atoms with Crippen LogP contribution in [0.25, 0.3) is 16.9 Å². The molecule has 0 radical (unpaired) electrons. The van der Waals surface area contributed by atoms with Gasteiger partial charge in [0.05, 0.1) is 24.7 Å². The molecule has 0 spiro atoms.